The minimum Gasteiger partial charge on any atom is -0.379 e. The maximum Gasteiger partial charge on any atom is 0.416 e. The minimum atomic E-state index is -4.43. The summed E-state index contributed by atoms with van der Waals surface area (Å²) in [5.74, 6) is 5.33. The Bertz CT molecular complexity index is 412. The standard InChI is InChI=1S/C12H16BrF3N2O/c1-2-5-19-7-11(18-17)9-4-3-8(13)6-10(9)12(14,15)16/h3-4,6,11,18H,2,5,7,17H2,1H3. The summed E-state index contributed by atoms with van der Waals surface area (Å²) in [7, 11) is 0. The largest absolute Gasteiger partial charge is 0.416 e. The molecular formula is C12H16BrF3N2O. The lowest BCUT2D eigenvalue weighted by molar-refractivity contribution is -0.138. The van der Waals surface area contributed by atoms with E-state index in [9.17, 15) is 13.2 Å². The lowest BCUT2D eigenvalue weighted by Crippen LogP contribution is -2.33. The number of hydrogen-bond donors (Lipinski definition) is 2. The maximum absolute atomic E-state index is 13.0. The van der Waals surface area contributed by atoms with Crippen LogP contribution in [0.4, 0.5) is 13.2 Å². The van der Waals surface area contributed by atoms with Crippen LogP contribution in [0, 0.1) is 0 Å². The molecule has 1 unspecified atom stereocenters. The fraction of sp³-hybridized carbons (Fsp3) is 0.500. The van der Waals surface area contributed by atoms with E-state index in [1.165, 1.54) is 6.07 Å². The summed E-state index contributed by atoms with van der Waals surface area (Å²) in [6.07, 6.45) is -3.64. The smallest absolute Gasteiger partial charge is 0.379 e. The molecule has 3 N–H and O–H groups in total. The van der Waals surface area contributed by atoms with Crippen LogP contribution in [0.5, 0.6) is 0 Å². The SMILES string of the molecule is CCCOCC(NN)c1ccc(Br)cc1C(F)(F)F. The van der Waals surface area contributed by atoms with Gasteiger partial charge in [0.2, 0.25) is 0 Å². The Morgan fingerprint density at radius 1 is 1.42 bits per heavy atom. The average molecular weight is 341 g/mol. The van der Waals surface area contributed by atoms with Gasteiger partial charge in [-0.1, -0.05) is 28.9 Å². The molecular weight excluding hydrogens is 325 g/mol. The van der Waals surface area contributed by atoms with Crippen LogP contribution in [0.3, 0.4) is 0 Å². The van der Waals surface area contributed by atoms with Gasteiger partial charge in [-0.25, -0.2) is 0 Å². The summed E-state index contributed by atoms with van der Waals surface area (Å²) in [6.45, 7) is 2.50. The van der Waals surface area contributed by atoms with Crippen molar-refractivity contribution in [2.24, 2.45) is 5.84 Å². The molecule has 0 aliphatic rings. The summed E-state index contributed by atoms with van der Waals surface area (Å²) in [4.78, 5) is 0. The number of nitrogens with one attached hydrogen (secondary N) is 1. The Morgan fingerprint density at radius 2 is 2.11 bits per heavy atom. The van der Waals surface area contributed by atoms with Gasteiger partial charge in [-0.3, -0.25) is 11.3 Å². The van der Waals surface area contributed by atoms with Crippen LogP contribution in [0.25, 0.3) is 0 Å². The molecule has 3 nitrogen and oxygen atoms in total. The fourth-order valence-corrected chi connectivity index (χ4v) is 2.01. The van der Waals surface area contributed by atoms with Gasteiger partial charge in [-0.15, -0.1) is 0 Å². The normalized spacial score (nSPS) is 13.6. The molecule has 19 heavy (non-hydrogen) atoms. The molecule has 1 aromatic carbocycles. The molecule has 1 atom stereocenters. The van der Waals surface area contributed by atoms with Crippen LogP contribution < -0.4 is 11.3 Å². The van der Waals surface area contributed by atoms with Crippen LogP contribution in [-0.2, 0) is 10.9 Å². The Balaban J connectivity index is 3.02. The molecule has 0 aliphatic heterocycles. The zero-order valence-electron chi connectivity index (χ0n) is 10.4. The van der Waals surface area contributed by atoms with Crippen molar-refractivity contribution in [3.05, 3.63) is 33.8 Å². The second-order valence-corrected chi connectivity index (χ2v) is 4.94. The van der Waals surface area contributed by atoms with Crippen LogP contribution in [0.1, 0.15) is 30.5 Å². The highest BCUT2D eigenvalue weighted by Gasteiger charge is 2.35. The number of benzene rings is 1. The van der Waals surface area contributed by atoms with Crippen molar-refractivity contribution in [3.8, 4) is 0 Å². The van der Waals surface area contributed by atoms with Gasteiger partial charge >= 0.3 is 6.18 Å². The zero-order valence-corrected chi connectivity index (χ0v) is 12.0. The number of hydrazine groups is 1. The molecule has 0 fully saturated rings. The molecule has 0 saturated carbocycles. The van der Waals surface area contributed by atoms with Crippen molar-refractivity contribution in [3.63, 3.8) is 0 Å². The highest BCUT2D eigenvalue weighted by Crippen LogP contribution is 2.36. The van der Waals surface area contributed by atoms with Gasteiger partial charge in [0, 0.05) is 11.1 Å². The molecule has 0 bridgehead atoms. The van der Waals surface area contributed by atoms with E-state index in [1.807, 2.05) is 6.92 Å². The Labute approximate surface area is 118 Å². The first-order chi connectivity index (χ1) is 8.90. The van der Waals surface area contributed by atoms with E-state index in [1.54, 1.807) is 6.07 Å². The minimum absolute atomic E-state index is 0.0781. The number of rotatable bonds is 6. The van der Waals surface area contributed by atoms with Crippen molar-refractivity contribution in [1.82, 2.24) is 5.43 Å². The molecule has 7 heteroatoms. The maximum atomic E-state index is 13.0. The number of nitrogens with two attached hydrogens (primary N) is 1. The lowest BCUT2D eigenvalue weighted by Gasteiger charge is -2.21. The van der Waals surface area contributed by atoms with E-state index in [4.69, 9.17) is 10.6 Å². The van der Waals surface area contributed by atoms with Gasteiger partial charge in [0.1, 0.15) is 0 Å². The highest BCUT2D eigenvalue weighted by atomic mass is 79.9. The van der Waals surface area contributed by atoms with Gasteiger partial charge in [0.25, 0.3) is 0 Å². The molecule has 1 rings (SSSR count). The topological polar surface area (TPSA) is 47.3 Å². The second-order valence-electron chi connectivity index (χ2n) is 4.02. The van der Waals surface area contributed by atoms with Gasteiger partial charge in [0.15, 0.2) is 0 Å². The predicted octanol–water partition coefficient (Wildman–Crippen LogP) is 3.40. The molecule has 108 valence electrons. The first kappa shape index (κ1) is 16.4. The summed E-state index contributed by atoms with van der Waals surface area (Å²) in [5.41, 5.74) is 1.73. The quantitative estimate of drug-likeness (QED) is 0.474. The van der Waals surface area contributed by atoms with Crippen LogP contribution in [-0.4, -0.2) is 13.2 Å². The third kappa shape index (κ3) is 4.76. The van der Waals surface area contributed by atoms with Crippen molar-refractivity contribution < 1.29 is 17.9 Å². The number of alkyl halides is 3. The lowest BCUT2D eigenvalue weighted by atomic mass is 10.0. The van der Waals surface area contributed by atoms with Crippen molar-refractivity contribution in [2.45, 2.75) is 25.6 Å². The molecule has 0 aromatic heterocycles. The molecule has 0 saturated heterocycles. The highest BCUT2D eigenvalue weighted by molar-refractivity contribution is 9.10. The fourth-order valence-electron chi connectivity index (χ4n) is 1.65. The first-order valence-corrected chi connectivity index (χ1v) is 6.60. The van der Waals surface area contributed by atoms with Crippen LogP contribution in [0.2, 0.25) is 0 Å². The van der Waals surface area contributed by atoms with E-state index in [-0.39, 0.29) is 12.2 Å². The van der Waals surface area contributed by atoms with Gasteiger partial charge in [-0.05, 0) is 24.1 Å². The molecule has 0 amide bonds. The Kier molecular flexibility index (Phi) is 6.25. The van der Waals surface area contributed by atoms with E-state index in [0.717, 1.165) is 12.5 Å². The molecule has 0 aliphatic carbocycles. The van der Waals surface area contributed by atoms with Gasteiger partial charge in [-0.2, -0.15) is 13.2 Å². The van der Waals surface area contributed by atoms with Crippen molar-refractivity contribution in [1.29, 1.82) is 0 Å². The van der Waals surface area contributed by atoms with E-state index >= 15 is 0 Å². The van der Waals surface area contributed by atoms with Crippen LogP contribution >= 0.6 is 15.9 Å². The van der Waals surface area contributed by atoms with Gasteiger partial charge in [0.05, 0.1) is 18.2 Å². The predicted molar refractivity (Wildman–Crippen MR) is 70.3 cm³/mol. The van der Waals surface area contributed by atoms with Crippen LogP contribution in [0.15, 0.2) is 22.7 Å². The summed E-state index contributed by atoms with van der Waals surface area (Å²) >= 11 is 3.04. The zero-order chi connectivity index (χ0) is 14.5. The average Bonchev–Trinajstić information content (AvgIpc) is 2.34. The van der Waals surface area contributed by atoms with E-state index in [0.29, 0.717) is 11.1 Å². The van der Waals surface area contributed by atoms with Gasteiger partial charge < -0.3 is 4.74 Å². The van der Waals surface area contributed by atoms with Crippen molar-refractivity contribution >= 4 is 15.9 Å². The number of ether oxygens (including phenoxy) is 1. The number of hydrogen-bond acceptors (Lipinski definition) is 3. The summed E-state index contributed by atoms with van der Waals surface area (Å²) in [6, 6.07) is 3.29. The van der Waals surface area contributed by atoms with Crippen molar-refractivity contribution in [2.75, 3.05) is 13.2 Å². The molecule has 0 heterocycles. The molecule has 1 aromatic rings. The third-order valence-electron chi connectivity index (χ3n) is 2.53. The molecule has 0 radical (unpaired) electrons. The Morgan fingerprint density at radius 3 is 2.63 bits per heavy atom. The summed E-state index contributed by atoms with van der Waals surface area (Å²) in [5, 5.41) is 0. The third-order valence-corrected chi connectivity index (χ3v) is 3.02. The second kappa shape index (κ2) is 7.23. The summed E-state index contributed by atoms with van der Waals surface area (Å²) < 4.78 is 44.6. The van der Waals surface area contributed by atoms with E-state index in [2.05, 4.69) is 21.4 Å². The Hall–Kier alpha value is -0.630. The monoisotopic (exact) mass is 340 g/mol. The molecule has 0 spiro atoms. The van der Waals surface area contributed by atoms with E-state index < -0.39 is 17.8 Å². The number of halogens is 4. The first-order valence-electron chi connectivity index (χ1n) is 5.80.